The summed E-state index contributed by atoms with van der Waals surface area (Å²) < 4.78 is 10.6. The molecule has 2 fully saturated rings. The van der Waals surface area contributed by atoms with Gasteiger partial charge >= 0.3 is 0 Å². The first-order valence-corrected chi connectivity index (χ1v) is 6.90. The van der Waals surface area contributed by atoms with E-state index in [4.69, 9.17) is 20.3 Å². The molecule has 20 heavy (non-hydrogen) atoms. The topological polar surface area (TPSA) is 86.5 Å². The predicted molar refractivity (Wildman–Crippen MR) is 71.9 cm³/mol. The molecule has 6 heteroatoms. The van der Waals surface area contributed by atoms with Gasteiger partial charge < -0.3 is 9.47 Å². The van der Waals surface area contributed by atoms with Crippen LogP contribution < -0.4 is 11.3 Å². The summed E-state index contributed by atoms with van der Waals surface area (Å²) in [6.07, 6.45) is 1.95. The van der Waals surface area contributed by atoms with E-state index in [0.717, 1.165) is 37.4 Å². The molecule has 2 saturated heterocycles. The number of hydrazine groups is 1. The van der Waals surface area contributed by atoms with Gasteiger partial charge in [-0.25, -0.2) is 5.84 Å². The van der Waals surface area contributed by atoms with Crippen LogP contribution in [0.1, 0.15) is 30.1 Å². The van der Waals surface area contributed by atoms with Gasteiger partial charge in [-0.3, -0.25) is 15.2 Å². The fraction of sp³-hybridized carbons (Fsp3) is 0.571. The number of pyridine rings is 1. The van der Waals surface area contributed by atoms with Gasteiger partial charge in [0, 0.05) is 24.8 Å². The standard InChI is InChI=1S/C14H19N3O3/c15-17-13(18)14(8-20-9-14)12-3-1-2-11(16-12)10-4-6-19-7-5-10/h1-3,10H,4-9,15H2,(H,17,18). The number of carbonyl (C=O) groups excluding carboxylic acids is 1. The van der Waals surface area contributed by atoms with E-state index in [2.05, 4.69) is 5.43 Å². The first-order chi connectivity index (χ1) is 9.76. The van der Waals surface area contributed by atoms with E-state index in [1.54, 1.807) is 0 Å². The number of carbonyl (C=O) groups is 1. The summed E-state index contributed by atoms with van der Waals surface area (Å²) in [6.45, 7) is 2.21. The number of amides is 1. The Kier molecular flexibility index (Phi) is 3.69. The van der Waals surface area contributed by atoms with Crippen LogP contribution >= 0.6 is 0 Å². The van der Waals surface area contributed by atoms with Crippen LogP contribution in [0.4, 0.5) is 0 Å². The second kappa shape index (κ2) is 5.47. The van der Waals surface area contributed by atoms with E-state index >= 15 is 0 Å². The number of rotatable bonds is 3. The molecule has 0 radical (unpaired) electrons. The SMILES string of the molecule is NNC(=O)C1(c2cccc(C3CCOCC3)n2)COC1. The third-order valence-electron chi connectivity index (χ3n) is 4.16. The number of hydrogen-bond donors (Lipinski definition) is 2. The molecular formula is C14H19N3O3. The first-order valence-electron chi connectivity index (χ1n) is 6.90. The second-order valence-electron chi connectivity index (χ2n) is 5.38. The van der Waals surface area contributed by atoms with E-state index in [0.29, 0.717) is 19.1 Å². The van der Waals surface area contributed by atoms with Crippen molar-refractivity contribution in [3.05, 3.63) is 29.6 Å². The van der Waals surface area contributed by atoms with Crippen LogP contribution in [0.15, 0.2) is 18.2 Å². The molecule has 1 aromatic heterocycles. The molecule has 0 spiro atoms. The molecule has 0 unspecified atom stereocenters. The largest absolute Gasteiger partial charge is 0.381 e. The minimum atomic E-state index is -0.726. The zero-order valence-corrected chi connectivity index (χ0v) is 11.3. The van der Waals surface area contributed by atoms with Gasteiger partial charge in [0.05, 0.1) is 18.9 Å². The number of nitrogens with one attached hydrogen (secondary N) is 1. The average molecular weight is 277 g/mol. The van der Waals surface area contributed by atoms with Crippen molar-refractivity contribution in [1.82, 2.24) is 10.4 Å². The van der Waals surface area contributed by atoms with Gasteiger partial charge in [0.2, 0.25) is 0 Å². The Morgan fingerprint density at radius 2 is 2.05 bits per heavy atom. The van der Waals surface area contributed by atoms with Gasteiger partial charge in [-0.1, -0.05) is 6.07 Å². The molecule has 2 aliphatic heterocycles. The number of aromatic nitrogens is 1. The van der Waals surface area contributed by atoms with Gasteiger partial charge in [0.1, 0.15) is 5.41 Å². The van der Waals surface area contributed by atoms with Crippen LogP contribution in [-0.2, 0) is 19.7 Å². The average Bonchev–Trinajstić information content (AvgIpc) is 2.47. The number of ether oxygens (including phenoxy) is 2. The van der Waals surface area contributed by atoms with Gasteiger partial charge in [-0.15, -0.1) is 0 Å². The van der Waals surface area contributed by atoms with Crippen molar-refractivity contribution in [2.24, 2.45) is 5.84 Å². The highest BCUT2D eigenvalue weighted by Crippen LogP contribution is 2.33. The van der Waals surface area contributed by atoms with Crippen LogP contribution in [0, 0.1) is 0 Å². The zero-order chi connectivity index (χ0) is 14.0. The van der Waals surface area contributed by atoms with Crippen molar-refractivity contribution in [1.29, 1.82) is 0 Å². The molecule has 2 aliphatic rings. The first kappa shape index (κ1) is 13.5. The van der Waals surface area contributed by atoms with Crippen molar-refractivity contribution >= 4 is 5.91 Å². The molecule has 0 saturated carbocycles. The normalized spacial score (nSPS) is 22.1. The highest BCUT2D eigenvalue weighted by atomic mass is 16.5. The maximum Gasteiger partial charge on any atom is 0.250 e. The molecule has 108 valence electrons. The molecule has 3 heterocycles. The van der Waals surface area contributed by atoms with Crippen LogP contribution in [0.5, 0.6) is 0 Å². The Morgan fingerprint density at radius 3 is 2.65 bits per heavy atom. The van der Waals surface area contributed by atoms with Crippen LogP contribution in [0.25, 0.3) is 0 Å². The monoisotopic (exact) mass is 277 g/mol. The fourth-order valence-electron chi connectivity index (χ4n) is 2.78. The van der Waals surface area contributed by atoms with E-state index in [9.17, 15) is 4.79 Å². The lowest BCUT2D eigenvalue weighted by Crippen LogP contribution is -2.59. The van der Waals surface area contributed by atoms with Crippen molar-refractivity contribution in [2.45, 2.75) is 24.2 Å². The lowest BCUT2D eigenvalue weighted by atomic mass is 9.80. The van der Waals surface area contributed by atoms with E-state index in [1.807, 2.05) is 18.2 Å². The Balaban J connectivity index is 1.88. The van der Waals surface area contributed by atoms with Crippen molar-refractivity contribution < 1.29 is 14.3 Å². The number of nitrogens with two attached hydrogens (primary N) is 1. The Morgan fingerprint density at radius 1 is 1.30 bits per heavy atom. The van der Waals surface area contributed by atoms with E-state index in [1.165, 1.54) is 0 Å². The molecule has 0 bridgehead atoms. The predicted octanol–water partition coefficient (Wildman–Crippen LogP) is 0.233. The molecule has 0 aliphatic carbocycles. The minimum absolute atomic E-state index is 0.236. The Hall–Kier alpha value is -1.50. The lowest BCUT2D eigenvalue weighted by Gasteiger charge is -2.39. The highest BCUT2D eigenvalue weighted by molar-refractivity contribution is 5.88. The third-order valence-corrected chi connectivity index (χ3v) is 4.16. The summed E-state index contributed by atoms with van der Waals surface area (Å²) in [5.41, 5.74) is 3.28. The molecule has 1 amide bonds. The molecule has 3 rings (SSSR count). The Bertz CT molecular complexity index is 496. The van der Waals surface area contributed by atoms with E-state index < -0.39 is 5.41 Å². The number of hydrogen-bond acceptors (Lipinski definition) is 5. The van der Waals surface area contributed by atoms with Crippen LogP contribution in [0.3, 0.4) is 0 Å². The van der Waals surface area contributed by atoms with Gasteiger partial charge in [0.25, 0.3) is 5.91 Å². The smallest absolute Gasteiger partial charge is 0.250 e. The number of nitrogens with zero attached hydrogens (tertiary/aromatic N) is 1. The summed E-state index contributed by atoms with van der Waals surface area (Å²) in [5.74, 6) is 5.46. The maximum atomic E-state index is 12.0. The van der Waals surface area contributed by atoms with Gasteiger partial charge in [0.15, 0.2) is 0 Å². The van der Waals surface area contributed by atoms with Crippen molar-refractivity contribution in [3.8, 4) is 0 Å². The quantitative estimate of drug-likeness (QED) is 0.469. The van der Waals surface area contributed by atoms with Crippen LogP contribution in [-0.4, -0.2) is 37.3 Å². The maximum absolute atomic E-state index is 12.0. The fourth-order valence-corrected chi connectivity index (χ4v) is 2.78. The molecule has 3 N–H and O–H groups in total. The zero-order valence-electron chi connectivity index (χ0n) is 11.3. The summed E-state index contributed by atoms with van der Waals surface area (Å²) in [5, 5.41) is 0. The molecule has 1 aromatic rings. The molecule has 0 aromatic carbocycles. The Labute approximate surface area is 117 Å². The summed E-state index contributed by atoms with van der Waals surface area (Å²) in [4.78, 5) is 16.7. The van der Waals surface area contributed by atoms with Gasteiger partial charge in [-0.05, 0) is 25.0 Å². The van der Waals surface area contributed by atoms with Crippen molar-refractivity contribution in [2.75, 3.05) is 26.4 Å². The molecular weight excluding hydrogens is 258 g/mol. The van der Waals surface area contributed by atoms with Crippen molar-refractivity contribution in [3.63, 3.8) is 0 Å². The summed E-state index contributed by atoms with van der Waals surface area (Å²) in [7, 11) is 0. The highest BCUT2D eigenvalue weighted by Gasteiger charge is 2.48. The van der Waals surface area contributed by atoms with E-state index in [-0.39, 0.29) is 5.91 Å². The van der Waals surface area contributed by atoms with Gasteiger partial charge in [-0.2, -0.15) is 0 Å². The minimum Gasteiger partial charge on any atom is -0.381 e. The summed E-state index contributed by atoms with van der Waals surface area (Å²) in [6, 6.07) is 5.85. The van der Waals surface area contributed by atoms with Crippen LogP contribution in [0.2, 0.25) is 0 Å². The molecule has 6 nitrogen and oxygen atoms in total. The second-order valence-corrected chi connectivity index (χ2v) is 5.38. The molecule has 0 atom stereocenters. The summed E-state index contributed by atoms with van der Waals surface area (Å²) >= 11 is 0. The third kappa shape index (κ3) is 2.19. The lowest BCUT2D eigenvalue weighted by molar-refractivity contribution is -0.145.